The van der Waals surface area contributed by atoms with Gasteiger partial charge in [-0.15, -0.1) is 0 Å². The smallest absolute Gasteiger partial charge is 0.304 e. The molecular formula is C51H58Cl4N2O8. The van der Waals surface area contributed by atoms with E-state index in [4.69, 9.17) is 55.9 Å². The second-order valence-corrected chi connectivity index (χ2v) is 19.9. The second-order valence-electron chi connectivity index (χ2n) is 18.2. The van der Waals surface area contributed by atoms with Crippen LogP contribution in [0.4, 0.5) is 0 Å². The van der Waals surface area contributed by atoms with Crippen LogP contribution in [0.5, 0.6) is 0 Å². The van der Waals surface area contributed by atoms with Crippen LogP contribution in [0.15, 0.2) is 97.1 Å². The SMILES string of the molecule is C.C[C@]1(CC(=O)O)C[C@H](c2cccc(Cl)c2)[C@@H](c2ccc(Cl)cc2)N(C2CCCOC2)C1=O.C[C@]1(CC(=O)O)C[C@H](c2cccc(Cl)c2)[C@@H](c2ccc(Cl)cc2)N([C@H]2CCCOC2)C1=O. The molecule has 10 nitrogen and oxygen atoms in total. The topological polar surface area (TPSA) is 134 Å². The highest BCUT2D eigenvalue weighted by Crippen LogP contribution is 2.54. The number of likely N-dealkylation sites (tertiary alicyclic amines) is 2. The average molecular weight is 969 g/mol. The zero-order chi connectivity index (χ0) is 45.8. The molecule has 0 saturated carbocycles. The van der Waals surface area contributed by atoms with Gasteiger partial charge in [0, 0.05) is 45.1 Å². The summed E-state index contributed by atoms with van der Waals surface area (Å²) in [7, 11) is 0. The van der Waals surface area contributed by atoms with E-state index < -0.39 is 22.8 Å². The molecule has 2 N–H and O–H groups in total. The van der Waals surface area contributed by atoms with Crippen LogP contribution in [-0.2, 0) is 28.7 Å². The van der Waals surface area contributed by atoms with Crippen LogP contribution >= 0.6 is 46.4 Å². The molecule has 4 heterocycles. The first-order valence-corrected chi connectivity index (χ1v) is 23.3. The summed E-state index contributed by atoms with van der Waals surface area (Å²) in [5, 5.41) is 21.7. The van der Waals surface area contributed by atoms with Gasteiger partial charge in [-0.3, -0.25) is 19.2 Å². The van der Waals surface area contributed by atoms with E-state index in [1.165, 1.54) is 0 Å². The number of ether oxygens (including phenoxy) is 2. The molecule has 4 aromatic carbocycles. The quantitative estimate of drug-likeness (QED) is 0.160. The van der Waals surface area contributed by atoms with Crippen molar-refractivity contribution < 1.29 is 38.9 Å². The van der Waals surface area contributed by atoms with E-state index >= 15 is 0 Å². The lowest BCUT2D eigenvalue weighted by Crippen LogP contribution is -2.57. The summed E-state index contributed by atoms with van der Waals surface area (Å²) < 4.78 is 11.5. The molecule has 0 bridgehead atoms. The number of rotatable bonds is 10. The van der Waals surface area contributed by atoms with Gasteiger partial charge < -0.3 is 29.5 Å². The van der Waals surface area contributed by atoms with Gasteiger partial charge >= 0.3 is 11.9 Å². The van der Waals surface area contributed by atoms with Crippen molar-refractivity contribution in [3.63, 3.8) is 0 Å². The first-order chi connectivity index (χ1) is 30.6. The molecule has 1 unspecified atom stereocenters. The number of hydrogen-bond donors (Lipinski definition) is 2. The number of carbonyl (C=O) groups is 4. The molecule has 4 aliphatic heterocycles. The third kappa shape index (κ3) is 11.5. The van der Waals surface area contributed by atoms with E-state index in [1.807, 2.05) is 107 Å². The number of piperidine rings is 2. The minimum absolute atomic E-state index is 0. The minimum Gasteiger partial charge on any atom is -0.481 e. The van der Waals surface area contributed by atoms with Crippen molar-refractivity contribution in [3.05, 3.63) is 139 Å². The number of benzene rings is 4. The largest absolute Gasteiger partial charge is 0.481 e. The summed E-state index contributed by atoms with van der Waals surface area (Å²) in [6.45, 7) is 5.79. The number of carboxylic acids is 2. The maximum atomic E-state index is 13.9. The molecule has 2 amide bonds. The van der Waals surface area contributed by atoms with Crippen molar-refractivity contribution in [2.24, 2.45) is 10.8 Å². The van der Waals surface area contributed by atoms with Gasteiger partial charge in [-0.2, -0.15) is 0 Å². The van der Waals surface area contributed by atoms with E-state index in [9.17, 15) is 29.4 Å². The summed E-state index contributed by atoms with van der Waals surface area (Å²) >= 11 is 25.0. The van der Waals surface area contributed by atoms with E-state index in [0.717, 1.165) is 47.9 Å². The zero-order valence-electron chi connectivity index (χ0n) is 35.9. The molecule has 4 saturated heterocycles. The van der Waals surface area contributed by atoms with Gasteiger partial charge in [0.25, 0.3) is 0 Å². The Morgan fingerprint density at radius 1 is 0.585 bits per heavy atom. The molecular weight excluding hydrogens is 910 g/mol. The van der Waals surface area contributed by atoms with Gasteiger partial charge in [-0.05, 0) is 109 Å². The Morgan fingerprint density at radius 3 is 1.26 bits per heavy atom. The minimum atomic E-state index is -1.03. The van der Waals surface area contributed by atoms with Gasteiger partial charge in [-0.25, -0.2) is 0 Å². The molecule has 4 aromatic rings. The maximum absolute atomic E-state index is 13.9. The Kier molecular flexibility index (Phi) is 16.7. The van der Waals surface area contributed by atoms with Gasteiger partial charge in [0.15, 0.2) is 0 Å². The number of carboxylic acid groups (broad SMARTS) is 2. The highest BCUT2D eigenvalue weighted by atomic mass is 35.5. The molecule has 4 aliphatic rings. The van der Waals surface area contributed by atoms with E-state index in [-0.39, 0.29) is 68.1 Å². The van der Waals surface area contributed by atoms with E-state index in [1.54, 1.807) is 13.8 Å². The second kappa shape index (κ2) is 21.6. The van der Waals surface area contributed by atoms with Crippen LogP contribution < -0.4 is 0 Å². The molecule has 0 radical (unpaired) electrons. The fraction of sp³-hybridized carbons (Fsp3) is 0.451. The number of carbonyl (C=O) groups excluding carboxylic acids is 2. The zero-order valence-corrected chi connectivity index (χ0v) is 39.0. The highest BCUT2D eigenvalue weighted by molar-refractivity contribution is 6.31. The lowest BCUT2D eigenvalue weighted by atomic mass is 9.67. The van der Waals surface area contributed by atoms with Crippen molar-refractivity contribution >= 4 is 70.2 Å². The van der Waals surface area contributed by atoms with Gasteiger partial charge in [-0.1, -0.05) is 116 Å². The van der Waals surface area contributed by atoms with Crippen LogP contribution in [0.3, 0.4) is 0 Å². The summed E-state index contributed by atoms with van der Waals surface area (Å²) in [5.41, 5.74) is 1.86. The number of amides is 2. The Morgan fingerprint density at radius 2 is 0.954 bits per heavy atom. The van der Waals surface area contributed by atoms with Crippen molar-refractivity contribution in [2.75, 3.05) is 26.4 Å². The van der Waals surface area contributed by atoms with Crippen LogP contribution in [0.2, 0.25) is 20.1 Å². The Labute approximate surface area is 402 Å². The Bertz CT molecular complexity index is 2140. The summed E-state index contributed by atoms with van der Waals surface area (Å²) in [6.07, 6.45) is 3.74. The normalized spacial score (nSPS) is 28.1. The predicted octanol–water partition coefficient (Wildman–Crippen LogP) is 12.1. The van der Waals surface area contributed by atoms with Crippen molar-refractivity contribution in [3.8, 4) is 0 Å². The molecule has 348 valence electrons. The fourth-order valence-electron chi connectivity index (χ4n) is 10.4. The molecule has 0 aliphatic carbocycles. The molecule has 8 rings (SSSR count). The molecule has 14 heteroatoms. The first-order valence-electron chi connectivity index (χ1n) is 21.8. The van der Waals surface area contributed by atoms with Crippen molar-refractivity contribution in [1.29, 1.82) is 0 Å². The summed E-state index contributed by atoms with van der Waals surface area (Å²) in [5.74, 6) is -2.47. The van der Waals surface area contributed by atoms with Crippen LogP contribution in [0.1, 0.15) is 119 Å². The van der Waals surface area contributed by atoms with Crippen molar-refractivity contribution in [2.45, 2.75) is 109 Å². The lowest BCUT2D eigenvalue weighted by Gasteiger charge is -2.52. The van der Waals surface area contributed by atoms with Crippen LogP contribution in [0.25, 0.3) is 0 Å². The number of aliphatic carboxylic acids is 2. The molecule has 4 fully saturated rings. The monoisotopic (exact) mass is 966 g/mol. The highest BCUT2D eigenvalue weighted by Gasteiger charge is 2.54. The van der Waals surface area contributed by atoms with Crippen LogP contribution in [-0.4, -0.2) is 82.3 Å². The number of halogens is 4. The Hall–Kier alpha value is -4.16. The molecule has 0 aromatic heterocycles. The third-order valence-electron chi connectivity index (χ3n) is 13.3. The standard InChI is InChI=1S/2C25H27Cl2NO4.CH4/c2*1-25(14-22(29)30)13-21(17-4-2-5-19(27)12-17)23(16-7-9-18(26)10-8-16)28(24(25)31)20-6-3-11-32-15-20;/h2*2,4-5,7-10,12,20-21,23H,3,6,11,13-15H2,1H3,(H,29,30);1H4/t20?,21-,23-,25-;20-,21+,23+,25+;/m10./s1. The average Bonchev–Trinajstić information content (AvgIpc) is 3.26. The predicted molar refractivity (Wildman–Crippen MR) is 255 cm³/mol. The van der Waals surface area contributed by atoms with E-state index in [2.05, 4.69) is 0 Å². The van der Waals surface area contributed by atoms with Crippen molar-refractivity contribution in [1.82, 2.24) is 9.80 Å². The van der Waals surface area contributed by atoms with E-state index in [0.29, 0.717) is 59.4 Å². The fourth-order valence-corrected chi connectivity index (χ4v) is 11.1. The molecule has 0 spiro atoms. The van der Waals surface area contributed by atoms with Gasteiger partial charge in [0.1, 0.15) is 0 Å². The Balaban J connectivity index is 0.000000212. The first kappa shape index (κ1) is 50.3. The maximum Gasteiger partial charge on any atom is 0.304 e. The lowest BCUT2D eigenvalue weighted by molar-refractivity contribution is -0.163. The summed E-state index contributed by atoms with van der Waals surface area (Å²) in [4.78, 5) is 55.2. The molecule has 65 heavy (non-hydrogen) atoms. The molecule has 8 atom stereocenters. The number of nitrogens with zero attached hydrogens (tertiary/aromatic N) is 2. The number of hydrogen-bond acceptors (Lipinski definition) is 6. The third-order valence-corrected chi connectivity index (χ3v) is 14.3. The summed E-state index contributed by atoms with van der Waals surface area (Å²) in [6, 6.07) is 29.6. The van der Waals surface area contributed by atoms with Gasteiger partial charge in [0.2, 0.25) is 11.8 Å². The van der Waals surface area contributed by atoms with Crippen LogP contribution in [0, 0.1) is 10.8 Å². The van der Waals surface area contributed by atoms with Gasteiger partial charge in [0.05, 0.1) is 61.1 Å².